The van der Waals surface area contributed by atoms with E-state index in [2.05, 4.69) is 0 Å². The van der Waals surface area contributed by atoms with Gasteiger partial charge < -0.3 is 4.57 Å². The van der Waals surface area contributed by atoms with Gasteiger partial charge >= 0.3 is 0 Å². The van der Waals surface area contributed by atoms with Crippen LogP contribution in [0.2, 0.25) is 0 Å². The summed E-state index contributed by atoms with van der Waals surface area (Å²) < 4.78 is 1.78. The highest BCUT2D eigenvalue weighted by Gasteiger charge is 2.10. The van der Waals surface area contributed by atoms with E-state index in [1.165, 1.54) is 12.3 Å². The molecule has 3 nitrogen and oxygen atoms in total. The number of benzene rings is 1. The maximum Gasteiger partial charge on any atom is 0.257 e. The van der Waals surface area contributed by atoms with Crippen LogP contribution < -0.4 is 5.43 Å². The number of pyridine rings is 1. The summed E-state index contributed by atoms with van der Waals surface area (Å²) in [7, 11) is 0. The Morgan fingerprint density at radius 3 is 2.56 bits per heavy atom. The highest BCUT2D eigenvalue weighted by molar-refractivity contribution is 6.67. The molecule has 0 amide bonds. The van der Waals surface area contributed by atoms with Crippen LogP contribution in [0, 0.1) is 13.8 Å². The van der Waals surface area contributed by atoms with Gasteiger partial charge in [-0.1, -0.05) is 12.1 Å². The van der Waals surface area contributed by atoms with Crippen LogP contribution in [-0.4, -0.2) is 9.81 Å². The Kier molecular flexibility index (Phi) is 3.34. The molecule has 0 saturated heterocycles. The predicted octanol–water partition coefficient (Wildman–Crippen LogP) is 2.83. The Morgan fingerprint density at radius 2 is 1.94 bits per heavy atom. The number of nitrogens with zero attached hydrogens (tertiary/aromatic N) is 1. The zero-order valence-corrected chi connectivity index (χ0v) is 10.9. The topological polar surface area (TPSA) is 39.1 Å². The van der Waals surface area contributed by atoms with Crippen molar-refractivity contribution in [1.82, 2.24) is 4.57 Å². The Bertz CT molecular complexity index is 674. The van der Waals surface area contributed by atoms with Gasteiger partial charge in [-0.15, -0.1) is 0 Å². The average molecular weight is 262 g/mol. The SMILES string of the molecule is Cc1cccc(-n2cc(C(=O)Cl)c(=O)cc2C)c1. The quantitative estimate of drug-likeness (QED) is 0.780. The largest absolute Gasteiger partial charge is 0.320 e. The molecule has 1 aromatic heterocycles. The van der Waals surface area contributed by atoms with E-state index in [0.717, 1.165) is 16.9 Å². The standard InChI is InChI=1S/C14H12ClNO2/c1-9-4-3-5-11(6-9)16-8-12(14(15)18)13(17)7-10(16)2/h3-8H,1-2H3. The number of rotatable bonds is 2. The lowest BCUT2D eigenvalue weighted by atomic mass is 10.2. The minimum Gasteiger partial charge on any atom is -0.320 e. The minimum atomic E-state index is -0.735. The zero-order valence-electron chi connectivity index (χ0n) is 10.1. The van der Waals surface area contributed by atoms with Gasteiger partial charge in [0.25, 0.3) is 5.24 Å². The first-order valence-electron chi connectivity index (χ1n) is 5.49. The van der Waals surface area contributed by atoms with E-state index in [1.807, 2.05) is 38.1 Å². The molecule has 0 N–H and O–H groups in total. The third-order valence-electron chi connectivity index (χ3n) is 2.74. The molecule has 2 rings (SSSR count). The second-order valence-corrected chi connectivity index (χ2v) is 4.52. The molecular formula is C14H12ClNO2. The van der Waals surface area contributed by atoms with Crippen molar-refractivity contribution < 1.29 is 4.79 Å². The molecule has 0 unspecified atom stereocenters. The van der Waals surface area contributed by atoms with E-state index in [4.69, 9.17) is 11.6 Å². The zero-order chi connectivity index (χ0) is 13.3. The fraction of sp³-hybridized carbons (Fsp3) is 0.143. The number of carbonyl (C=O) groups excluding carboxylic acids is 1. The summed E-state index contributed by atoms with van der Waals surface area (Å²) in [6, 6.07) is 9.20. The van der Waals surface area contributed by atoms with Crippen molar-refractivity contribution in [3.05, 3.63) is 63.6 Å². The van der Waals surface area contributed by atoms with Gasteiger partial charge in [-0.25, -0.2) is 0 Å². The summed E-state index contributed by atoms with van der Waals surface area (Å²) in [4.78, 5) is 22.8. The molecule has 0 radical (unpaired) electrons. The molecule has 0 bridgehead atoms. The summed E-state index contributed by atoms with van der Waals surface area (Å²) in [6.45, 7) is 3.79. The summed E-state index contributed by atoms with van der Waals surface area (Å²) in [5, 5.41) is -0.735. The van der Waals surface area contributed by atoms with Gasteiger partial charge in [-0.3, -0.25) is 9.59 Å². The molecule has 18 heavy (non-hydrogen) atoms. The Morgan fingerprint density at radius 1 is 1.22 bits per heavy atom. The Hall–Kier alpha value is -1.87. The fourth-order valence-corrected chi connectivity index (χ4v) is 1.98. The molecule has 0 saturated carbocycles. The molecule has 0 aliphatic carbocycles. The van der Waals surface area contributed by atoms with Gasteiger partial charge in [0, 0.05) is 23.6 Å². The van der Waals surface area contributed by atoms with E-state index >= 15 is 0 Å². The van der Waals surface area contributed by atoms with E-state index in [0.29, 0.717) is 0 Å². The first-order chi connectivity index (χ1) is 8.49. The number of halogens is 1. The molecule has 1 heterocycles. The van der Waals surface area contributed by atoms with Crippen molar-refractivity contribution in [2.75, 3.05) is 0 Å². The van der Waals surface area contributed by atoms with Crippen molar-refractivity contribution in [3.63, 3.8) is 0 Å². The molecule has 0 spiro atoms. The van der Waals surface area contributed by atoms with Gasteiger partial charge in [-0.2, -0.15) is 0 Å². The van der Waals surface area contributed by atoms with Crippen LogP contribution in [0.25, 0.3) is 5.69 Å². The van der Waals surface area contributed by atoms with Crippen LogP contribution in [0.15, 0.2) is 41.3 Å². The van der Waals surface area contributed by atoms with Crippen LogP contribution >= 0.6 is 11.6 Å². The number of hydrogen-bond acceptors (Lipinski definition) is 2. The fourth-order valence-electron chi connectivity index (χ4n) is 1.84. The third kappa shape index (κ3) is 2.36. The van der Waals surface area contributed by atoms with E-state index in [-0.39, 0.29) is 11.0 Å². The number of aryl methyl sites for hydroxylation is 2. The van der Waals surface area contributed by atoms with Crippen LogP contribution in [0.4, 0.5) is 0 Å². The summed E-state index contributed by atoms with van der Waals surface area (Å²) in [5.41, 5.74) is 2.39. The number of hydrogen-bond donors (Lipinski definition) is 0. The van der Waals surface area contributed by atoms with Gasteiger partial charge in [0.1, 0.15) is 0 Å². The van der Waals surface area contributed by atoms with Crippen LogP contribution in [0.3, 0.4) is 0 Å². The summed E-state index contributed by atoms with van der Waals surface area (Å²) in [6.07, 6.45) is 1.49. The first-order valence-corrected chi connectivity index (χ1v) is 5.87. The van der Waals surface area contributed by atoms with Crippen LogP contribution in [-0.2, 0) is 0 Å². The Labute approximate surface area is 110 Å². The van der Waals surface area contributed by atoms with Crippen molar-refractivity contribution >= 4 is 16.8 Å². The van der Waals surface area contributed by atoms with Crippen molar-refractivity contribution in [3.8, 4) is 5.69 Å². The number of carbonyl (C=O) groups is 1. The third-order valence-corrected chi connectivity index (χ3v) is 2.94. The van der Waals surface area contributed by atoms with E-state index in [1.54, 1.807) is 4.57 Å². The van der Waals surface area contributed by atoms with Crippen molar-refractivity contribution in [2.45, 2.75) is 13.8 Å². The highest BCUT2D eigenvalue weighted by Crippen LogP contribution is 2.13. The molecule has 0 aliphatic rings. The van der Waals surface area contributed by atoms with Crippen LogP contribution in [0.1, 0.15) is 21.6 Å². The summed E-state index contributed by atoms with van der Waals surface area (Å²) in [5.74, 6) is 0. The first kappa shape index (κ1) is 12.6. The average Bonchev–Trinajstić information content (AvgIpc) is 2.28. The molecule has 0 aliphatic heterocycles. The lowest BCUT2D eigenvalue weighted by molar-refractivity contribution is 0.108. The molecular weight excluding hydrogens is 250 g/mol. The molecule has 0 atom stereocenters. The second-order valence-electron chi connectivity index (χ2n) is 4.18. The second kappa shape index (κ2) is 4.78. The summed E-state index contributed by atoms with van der Waals surface area (Å²) >= 11 is 5.40. The van der Waals surface area contributed by atoms with Gasteiger partial charge in [0.05, 0.1) is 5.56 Å². The molecule has 1 aromatic carbocycles. The molecule has 4 heteroatoms. The maximum absolute atomic E-state index is 11.6. The molecule has 92 valence electrons. The lowest BCUT2D eigenvalue weighted by Crippen LogP contribution is -2.16. The predicted molar refractivity (Wildman–Crippen MR) is 71.7 cm³/mol. The van der Waals surface area contributed by atoms with Crippen molar-refractivity contribution in [2.24, 2.45) is 0 Å². The van der Waals surface area contributed by atoms with Crippen LogP contribution in [0.5, 0.6) is 0 Å². The van der Waals surface area contributed by atoms with E-state index < -0.39 is 5.24 Å². The molecule has 2 aromatic rings. The lowest BCUT2D eigenvalue weighted by Gasteiger charge is -2.12. The maximum atomic E-state index is 11.6. The number of aromatic nitrogens is 1. The highest BCUT2D eigenvalue weighted by atomic mass is 35.5. The van der Waals surface area contributed by atoms with Crippen molar-refractivity contribution in [1.29, 1.82) is 0 Å². The Balaban J connectivity index is 2.68. The van der Waals surface area contributed by atoms with E-state index in [9.17, 15) is 9.59 Å². The minimum absolute atomic E-state index is 0.0104. The van der Waals surface area contributed by atoms with Gasteiger partial charge in [-0.05, 0) is 43.1 Å². The van der Waals surface area contributed by atoms with Gasteiger partial charge in [0.2, 0.25) is 0 Å². The smallest absolute Gasteiger partial charge is 0.257 e. The normalized spacial score (nSPS) is 10.4. The molecule has 0 fully saturated rings. The monoisotopic (exact) mass is 261 g/mol. The van der Waals surface area contributed by atoms with Gasteiger partial charge in [0.15, 0.2) is 5.43 Å².